The van der Waals surface area contributed by atoms with Crippen molar-refractivity contribution < 1.29 is 4.79 Å². The third-order valence-electron chi connectivity index (χ3n) is 4.87. The number of nitrogens with zero attached hydrogens (tertiary/aromatic N) is 3. The molecule has 0 atom stereocenters. The van der Waals surface area contributed by atoms with Crippen molar-refractivity contribution in [2.24, 2.45) is 0 Å². The molecular formula is C21H21ClN4OS2. The number of anilines is 2. The van der Waals surface area contributed by atoms with Gasteiger partial charge in [0.05, 0.1) is 5.69 Å². The molecule has 5 nitrogen and oxygen atoms in total. The van der Waals surface area contributed by atoms with Crippen LogP contribution in [0.4, 0.5) is 10.8 Å². The van der Waals surface area contributed by atoms with Gasteiger partial charge in [-0.1, -0.05) is 41.7 Å². The Balaban J connectivity index is 1.40. The summed E-state index contributed by atoms with van der Waals surface area (Å²) in [6, 6.07) is 15.3. The quantitative estimate of drug-likeness (QED) is 0.554. The van der Waals surface area contributed by atoms with Crippen LogP contribution in [-0.4, -0.2) is 47.6 Å². The first-order valence-electron chi connectivity index (χ1n) is 9.30. The average molecular weight is 445 g/mol. The second-order valence-corrected chi connectivity index (χ2v) is 8.76. The van der Waals surface area contributed by atoms with Gasteiger partial charge in [0.25, 0.3) is 5.91 Å². The van der Waals surface area contributed by atoms with Crippen molar-refractivity contribution in [2.45, 2.75) is 0 Å². The summed E-state index contributed by atoms with van der Waals surface area (Å²) in [5, 5.41) is 5.98. The third kappa shape index (κ3) is 4.75. The van der Waals surface area contributed by atoms with Crippen molar-refractivity contribution in [2.75, 3.05) is 42.7 Å². The fraction of sp³-hybridized carbons (Fsp3) is 0.238. The molecule has 2 aromatic carbocycles. The topological polar surface area (TPSA) is 48.5 Å². The molecule has 0 saturated carbocycles. The number of hydrogen-bond acceptors (Lipinski definition) is 6. The van der Waals surface area contributed by atoms with Crippen LogP contribution in [0, 0.1) is 0 Å². The first-order chi connectivity index (χ1) is 14.1. The highest BCUT2D eigenvalue weighted by atomic mass is 35.5. The van der Waals surface area contributed by atoms with Crippen LogP contribution in [0.5, 0.6) is 0 Å². The van der Waals surface area contributed by atoms with Gasteiger partial charge in [-0.2, -0.15) is 0 Å². The molecule has 4 rings (SSSR count). The first kappa shape index (κ1) is 20.2. The summed E-state index contributed by atoms with van der Waals surface area (Å²) >= 11 is 9.41. The number of aromatic nitrogens is 1. The molecule has 2 heterocycles. The molecular weight excluding hydrogens is 424 g/mol. The number of amides is 1. The van der Waals surface area contributed by atoms with E-state index in [1.54, 1.807) is 11.9 Å². The Hall–Kier alpha value is -2.06. The SMILES string of the molecule is CSN1CCN(c2ccc(C(=O)Nc3nc(-c4ccccc4Cl)cs3)cc2)CC1. The third-order valence-corrected chi connectivity index (χ3v) is 6.83. The fourth-order valence-corrected chi connectivity index (χ4v) is 4.71. The number of nitrogens with one attached hydrogen (secondary N) is 1. The van der Waals surface area contributed by atoms with E-state index in [1.807, 2.05) is 53.9 Å². The summed E-state index contributed by atoms with van der Waals surface area (Å²) in [6.07, 6.45) is 2.11. The van der Waals surface area contributed by atoms with E-state index >= 15 is 0 Å². The molecule has 0 radical (unpaired) electrons. The number of rotatable bonds is 5. The van der Waals surface area contributed by atoms with Gasteiger partial charge in [-0.25, -0.2) is 9.29 Å². The van der Waals surface area contributed by atoms with E-state index in [-0.39, 0.29) is 5.91 Å². The highest BCUT2D eigenvalue weighted by Gasteiger charge is 2.17. The Kier molecular flexibility index (Phi) is 6.40. The van der Waals surface area contributed by atoms with E-state index < -0.39 is 0 Å². The van der Waals surface area contributed by atoms with Gasteiger partial charge in [0, 0.05) is 53.4 Å². The lowest BCUT2D eigenvalue weighted by molar-refractivity contribution is 0.102. The van der Waals surface area contributed by atoms with Crippen LogP contribution >= 0.6 is 34.9 Å². The molecule has 8 heteroatoms. The van der Waals surface area contributed by atoms with Crippen molar-refractivity contribution in [3.63, 3.8) is 0 Å². The highest BCUT2D eigenvalue weighted by Crippen LogP contribution is 2.30. The summed E-state index contributed by atoms with van der Waals surface area (Å²) in [7, 11) is 0. The minimum atomic E-state index is -0.163. The van der Waals surface area contributed by atoms with Crippen LogP contribution in [0.1, 0.15) is 10.4 Å². The predicted octanol–water partition coefficient (Wildman–Crippen LogP) is 5.12. The summed E-state index contributed by atoms with van der Waals surface area (Å²) in [5.41, 5.74) is 3.39. The van der Waals surface area contributed by atoms with Crippen LogP contribution in [0.15, 0.2) is 53.9 Å². The van der Waals surface area contributed by atoms with Crippen LogP contribution in [0.2, 0.25) is 5.02 Å². The molecule has 0 unspecified atom stereocenters. The van der Waals surface area contributed by atoms with Crippen LogP contribution in [0.3, 0.4) is 0 Å². The zero-order valence-corrected chi connectivity index (χ0v) is 18.4. The number of benzene rings is 2. The Morgan fingerprint density at radius 2 is 1.83 bits per heavy atom. The molecule has 1 fully saturated rings. The van der Waals surface area contributed by atoms with Gasteiger partial charge in [0.2, 0.25) is 0 Å². The second kappa shape index (κ2) is 9.17. The van der Waals surface area contributed by atoms with Crippen LogP contribution in [-0.2, 0) is 0 Å². The van der Waals surface area contributed by atoms with Crippen molar-refractivity contribution >= 4 is 51.6 Å². The van der Waals surface area contributed by atoms with Gasteiger partial charge in [-0.15, -0.1) is 11.3 Å². The summed E-state index contributed by atoms with van der Waals surface area (Å²) in [6.45, 7) is 4.08. The summed E-state index contributed by atoms with van der Waals surface area (Å²) < 4.78 is 2.36. The van der Waals surface area contributed by atoms with Gasteiger partial charge in [-0.3, -0.25) is 10.1 Å². The molecule has 1 saturated heterocycles. The Morgan fingerprint density at radius 3 is 2.52 bits per heavy atom. The molecule has 150 valence electrons. The Morgan fingerprint density at radius 1 is 1.10 bits per heavy atom. The molecule has 29 heavy (non-hydrogen) atoms. The van der Waals surface area contributed by atoms with Gasteiger partial charge in [0.1, 0.15) is 0 Å². The lowest BCUT2D eigenvalue weighted by atomic mass is 10.1. The largest absolute Gasteiger partial charge is 0.369 e. The molecule has 1 N–H and O–H groups in total. The molecule has 1 aromatic heterocycles. The van der Waals surface area contributed by atoms with Gasteiger partial charge >= 0.3 is 0 Å². The van der Waals surface area contributed by atoms with E-state index in [1.165, 1.54) is 11.3 Å². The van der Waals surface area contributed by atoms with Crippen molar-refractivity contribution in [3.8, 4) is 11.3 Å². The first-order valence-corrected chi connectivity index (χ1v) is 11.7. The zero-order valence-electron chi connectivity index (χ0n) is 16.0. The molecule has 1 aliphatic rings. The number of piperazine rings is 1. The molecule has 0 bridgehead atoms. The van der Waals surface area contributed by atoms with E-state index in [0.29, 0.717) is 15.7 Å². The van der Waals surface area contributed by atoms with Crippen molar-refractivity contribution in [1.82, 2.24) is 9.29 Å². The lowest BCUT2D eigenvalue weighted by Gasteiger charge is -2.34. The highest BCUT2D eigenvalue weighted by molar-refractivity contribution is 7.96. The van der Waals surface area contributed by atoms with E-state index in [2.05, 4.69) is 25.8 Å². The standard InChI is InChI=1S/C21H21ClN4OS2/c1-28-26-12-10-25(11-13-26)16-8-6-15(7-9-16)20(27)24-21-23-19(14-29-21)17-4-2-3-5-18(17)22/h2-9,14H,10-13H2,1H3,(H,23,24,27). The van der Waals surface area contributed by atoms with E-state index in [9.17, 15) is 4.79 Å². The number of carbonyl (C=O) groups is 1. The average Bonchev–Trinajstić information content (AvgIpc) is 3.22. The second-order valence-electron chi connectivity index (χ2n) is 6.62. The van der Waals surface area contributed by atoms with Crippen molar-refractivity contribution in [3.05, 3.63) is 64.5 Å². The number of halogens is 1. The predicted molar refractivity (Wildman–Crippen MR) is 124 cm³/mol. The number of hydrogen-bond donors (Lipinski definition) is 1. The van der Waals surface area contributed by atoms with E-state index in [0.717, 1.165) is 43.1 Å². The molecule has 0 spiro atoms. The smallest absolute Gasteiger partial charge is 0.257 e. The zero-order chi connectivity index (χ0) is 20.2. The van der Waals surface area contributed by atoms with E-state index in [4.69, 9.17) is 11.6 Å². The lowest BCUT2D eigenvalue weighted by Crippen LogP contribution is -2.43. The minimum absolute atomic E-state index is 0.163. The van der Waals surface area contributed by atoms with Gasteiger partial charge < -0.3 is 4.90 Å². The Bertz CT molecular complexity index is 984. The fourth-order valence-electron chi connectivity index (χ4n) is 3.25. The summed E-state index contributed by atoms with van der Waals surface area (Å²) in [5.74, 6) is -0.163. The summed E-state index contributed by atoms with van der Waals surface area (Å²) in [4.78, 5) is 19.5. The molecule has 1 amide bonds. The number of carbonyl (C=O) groups excluding carboxylic acids is 1. The maximum absolute atomic E-state index is 12.6. The maximum atomic E-state index is 12.6. The Labute approximate surface area is 183 Å². The van der Waals surface area contributed by atoms with Gasteiger partial charge in [-0.05, 0) is 36.6 Å². The molecule has 3 aromatic rings. The minimum Gasteiger partial charge on any atom is -0.369 e. The molecule has 0 aliphatic carbocycles. The van der Waals surface area contributed by atoms with Crippen LogP contribution in [0.25, 0.3) is 11.3 Å². The monoisotopic (exact) mass is 444 g/mol. The molecule has 1 aliphatic heterocycles. The normalized spacial score (nSPS) is 14.8. The van der Waals surface area contributed by atoms with Crippen LogP contribution < -0.4 is 10.2 Å². The van der Waals surface area contributed by atoms with Crippen molar-refractivity contribution in [1.29, 1.82) is 0 Å². The maximum Gasteiger partial charge on any atom is 0.257 e. The number of thiazole rings is 1. The van der Waals surface area contributed by atoms with Gasteiger partial charge in [0.15, 0.2) is 5.13 Å².